The molecule has 0 fully saturated rings. The maximum atomic E-state index is 13.0. The van der Waals surface area contributed by atoms with Gasteiger partial charge >= 0.3 is 6.18 Å². The Morgan fingerprint density at radius 1 is 1.32 bits per heavy atom. The molecule has 0 spiro atoms. The van der Waals surface area contributed by atoms with Gasteiger partial charge in [0.2, 0.25) is 0 Å². The third kappa shape index (κ3) is 3.63. The van der Waals surface area contributed by atoms with Crippen molar-refractivity contribution in [3.8, 4) is 0 Å². The molecule has 1 atom stereocenters. The van der Waals surface area contributed by atoms with Crippen molar-refractivity contribution >= 4 is 17.2 Å². The standard InChI is InChI=1S/C14H11F4NO2S/c15-9-1-2-10(11(5-9)14(16,17)18)13(21)19-12(6-20)8-3-4-22-7-8/h1-5,7,12,20H,6H2,(H,19,21)/t12-/m0/s1. The summed E-state index contributed by atoms with van der Waals surface area (Å²) in [5.74, 6) is -2.11. The normalized spacial score (nSPS) is 13.0. The molecule has 22 heavy (non-hydrogen) atoms. The molecule has 0 saturated carbocycles. The van der Waals surface area contributed by atoms with Gasteiger partial charge in [0, 0.05) is 0 Å². The van der Waals surface area contributed by atoms with Crippen molar-refractivity contribution in [2.75, 3.05) is 6.61 Å². The molecule has 118 valence electrons. The summed E-state index contributed by atoms with van der Waals surface area (Å²) >= 11 is 1.32. The summed E-state index contributed by atoms with van der Waals surface area (Å²) in [5.41, 5.74) is -1.47. The molecule has 0 aliphatic carbocycles. The van der Waals surface area contributed by atoms with Crippen LogP contribution in [-0.2, 0) is 6.18 Å². The fourth-order valence-corrected chi connectivity index (χ4v) is 2.61. The number of thiophene rings is 1. The number of amides is 1. The summed E-state index contributed by atoms with van der Waals surface area (Å²) in [6, 6.07) is 2.64. The minimum absolute atomic E-state index is 0.271. The van der Waals surface area contributed by atoms with E-state index in [-0.39, 0.29) is 6.07 Å². The molecule has 8 heteroatoms. The number of alkyl halides is 3. The number of aliphatic hydroxyl groups is 1. The lowest BCUT2D eigenvalue weighted by Gasteiger charge is -2.17. The van der Waals surface area contributed by atoms with Gasteiger partial charge in [-0.05, 0) is 40.6 Å². The second-order valence-electron chi connectivity index (χ2n) is 4.45. The van der Waals surface area contributed by atoms with Crippen LogP contribution < -0.4 is 5.32 Å². The first kappa shape index (κ1) is 16.4. The Morgan fingerprint density at radius 2 is 2.05 bits per heavy atom. The molecule has 2 rings (SSSR count). The molecule has 1 aromatic heterocycles. The highest BCUT2D eigenvalue weighted by Gasteiger charge is 2.36. The average Bonchev–Trinajstić information content (AvgIpc) is 2.97. The van der Waals surface area contributed by atoms with Crippen LogP contribution in [0, 0.1) is 5.82 Å². The van der Waals surface area contributed by atoms with Crippen LogP contribution in [0.2, 0.25) is 0 Å². The van der Waals surface area contributed by atoms with Crippen LogP contribution in [0.15, 0.2) is 35.0 Å². The lowest BCUT2D eigenvalue weighted by atomic mass is 10.0. The fraction of sp³-hybridized carbons (Fsp3) is 0.214. The lowest BCUT2D eigenvalue weighted by molar-refractivity contribution is -0.138. The molecule has 0 aliphatic heterocycles. The molecule has 1 heterocycles. The van der Waals surface area contributed by atoms with Crippen molar-refractivity contribution in [2.24, 2.45) is 0 Å². The Hall–Kier alpha value is -1.93. The predicted octanol–water partition coefficient (Wildman–Crippen LogP) is 3.37. The Kier molecular flexibility index (Phi) is 4.82. The number of nitrogens with one attached hydrogen (secondary N) is 1. The van der Waals surface area contributed by atoms with E-state index < -0.39 is 41.7 Å². The number of aliphatic hydroxyl groups excluding tert-OH is 1. The number of hydrogen-bond donors (Lipinski definition) is 2. The average molecular weight is 333 g/mol. The fourth-order valence-electron chi connectivity index (χ4n) is 1.89. The first-order chi connectivity index (χ1) is 10.3. The van der Waals surface area contributed by atoms with Crippen LogP contribution in [0.5, 0.6) is 0 Å². The molecular weight excluding hydrogens is 322 g/mol. The van der Waals surface area contributed by atoms with Gasteiger partial charge in [-0.25, -0.2) is 4.39 Å². The van der Waals surface area contributed by atoms with E-state index in [1.54, 1.807) is 16.8 Å². The van der Waals surface area contributed by atoms with Crippen LogP contribution in [0.1, 0.15) is 27.5 Å². The SMILES string of the molecule is O=C(N[C@@H](CO)c1ccsc1)c1ccc(F)cc1C(F)(F)F. The van der Waals surface area contributed by atoms with Crippen molar-refractivity contribution in [2.45, 2.75) is 12.2 Å². The van der Waals surface area contributed by atoms with E-state index in [4.69, 9.17) is 0 Å². The Bertz CT molecular complexity index is 655. The maximum Gasteiger partial charge on any atom is 0.417 e. The van der Waals surface area contributed by atoms with E-state index in [0.717, 1.165) is 12.1 Å². The van der Waals surface area contributed by atoms with Crippen LogP contribution >= 0.6 is 11.3 Å². The van der Waals surface area contributed by atoms with Gasteiger partial charge in [0.05, 0.1) is 23.8 Å². The molecule has 1 amide bonds. The summed E-state index contributed by atoms with van der Waals surface area (Å²) in [5, 5.41) is 15.0. The van der Waals surface area contributed by atoms with E-state index >= 15 is 0 Å². The Labute approximate surface area is 127 Å². The highest BCUT2D eigenvalue weighted by atomic mass is 32.1. The maximum absolute atomic E-state index is 13.0. The summed E-state index contributed by atoms with van der Waals surface area (Å²) in [7, 11) is 0. The Morgan fingerprint density at radius 3 is 2.59 bits per heavy atom. The molecule has 0 unspecified atom stereocenters. The summed E-state index contributed by atoms with van der Waals surface area (Å²) in [4.78, 5) is 12.0. The van der Waals surface area contributed by atoms with Gasteiger partial charge < -0.3 is 10.4 Å². The number of carbonyl (C=O) groups is 1. The zero-order valence-electron chi connectivity index (χ0n) is 11.0. The smallest absolute Gasteiger partial charge is 0.394 e. The summed E-state index contributed by atoms with van der Waals surface area (Å²) in [6.07, 6.45) is -4.86. The Balaban J connectivity index is 2.30. The van der Waals surface area contributed by atoms with Crippen LogP contribution in [-0.4, -0.2) is 17.6 Å². The van der Waals surface area contributed by atoms with Gasteiger partial charge in [-0.15, -0.1) is 0 Å². The van der Waals surface area contributed by atoms with E-state index in [1.807, 2.05) is 0 Å². The lowest BCUT2D eigenvalue weighted by Crippen LogP contribution is -2.32. The molecule has 0 bridgehead atoms. The highest BCUT2D eigenvalue weighted by Crippen LogP contribution is 2.32. The second-order valence-corrected chi connectivity index (χ2v) is 5.23. The summed E-state index contributed by atoms with van der Waals surface area (Å²) in [6.45, 7) is -0.467. The topological polar surface area (TPSA) is 49.3 Å². The monoisotopic (exact) mass is 333 g/mol. The summed E-state index contributed by atoms with van der Waals surface area (Å²) < 4.78 is 51.7. The number of rotatable bonds is 4. The molecule has 0 radical (unpaired) electrons. The highest BCUT2D eigenvalue weighted by molar-refractivity contribution is 7.07. The van der Waals surface area contributed by atoms with Crippen molar-refractivity contribution in [1.29, 1.82) is 0 Å². The van der Waals surface area contributed by atoms with E-state index in [1.165, 1.54) is 11.3 Å². The van der Waals surface area contributed by atoms with Crippen LogP contribution in [0.25, 0.3) is 0 Å². The van der Waals surface area contributed by atoms with E-state index in [0.29, 0.717) is 5.56 Å². The molecule has 0 aliphatic rings. The largest absolute Gasteiger partial charge is 0.417 e. The van der Waals surface area contributed by atoms with Gasteiger partial charge in [0.25, 0.3) is 5.91 Å². The molecule has 2 N–H and O–H groups in total. The van der Waals surface area contributed by atoms with Crippen LogP contribution in [0.4, 0.5) is 17.6 Å². The van der Waals surface area contributed by atoms with Gasteiger partial charge in [-0.3, -0.25) is 4.79 Å². The zero-order valence-corrected chi connectivity index (χ0v) is 11.8. The van der Waals surface area contributed by atoms with Crippen molar-refractivity contribution in [3.63, 3.8) is 0 Å². The molecule has 1 aromatic carbocycles. The third-order valence-electron chi connectivity index (χ3n) is 2.97. The van der Waals surface area contributed by atoms with Gasteiger partial charge in [0.1, 0.15) is 5.82 Å². The number of benzene rings is 1. The van der Waals surface area contributed by atoms with Gasteiger partial charge in [-0.2, -0.15) is 24.5 Å². The van der Waals surface area contributed by atoms with Crippen molar-refractivity contribution in [3.05, 3.63) is 57.5 Å². The first-order valence-corrected chi connectivity index (χ1v) is 7.07. The minimum atomic E-state index is -4.86. The molecule has 2 aromatic rings. The number of halogens is 4. The van der Waals surface area contributed by atoms with Crippen molar-refractivity contribution < 1.29 is 27.5 Å². The molecule has 3 nitrogen and oxygen atoms in total. The zero-order chi connectivity index (χ0) is 16.3. The minimum Gasteiger partial charge on any atom is -0.394 e. The van der Waals surface area contributed by atoms with E-state index in [9.17, 15) is 27.5 Å². The quantitative estimate of drug-likeness (QED) is 0.843. The predicted molar refractivity (Wildman–Crippen MR) is 73.0 cm³/mol. The van der Waals surface area contributed by atoms with E-state index in [2.05, 4.69) is 5.32 Å². The number of hydrogen-bond acceptors (Lipinski definition) is 3. The van der Waals surface area contributed by atoms with Crippen molar-refractivity contribution in [1.82, 2.24) is 5.32 Å². The number of carbonyl (C=O) groups excluding carboxylic acids is 1. The van der Waals surface area contributed by atoms with Gasteiger partial charge in [-0.1, -0.05) is 0 Å². The molecular formula is C14H11F4NO2S. The first-order valence-electron chi connectivity index (χ1n) is 6.13. The third-order valence-corrected chi connectivity index (χ3v) is 3.67. The van der Waals surface area contributed by atoms with Gasteiger partial charge in [0.15, 0.2) is 0 Å². The molecule has 0 saturated heterocycles. The second kappa shape index (κ2) is 6.45. The van der Waals surface area contributed by atoms with Crippen LogP contribution in [0.3, 0.4) is 0 Å².